The van der Waals surface area contributed by atoms with Crippen LogP contribution in [0, 0.1) is 20.8 Å². The molecule has 2 rings (SSSR count). The van der Waals surface area contributed by atoms with Crippen molar-refractivity contribution >= 4 is 5.91 Å². The zero-order valence-corrected chi connectivity index (χ0v) is 15.1. The highest BCUT2D eigenvalue weighted by atomic mass is 16.5. The van der Waals surface area contributed by atoms with Gasteiger partial charge in [-0.15, -0.1) is 0 Å². The number of hydrogen-bond acceptors (Lipinski definition) is 2. The van der Waals surface area contributed by atoms with Crippen molar-refractivity contribution in [3.05, 3.63) is 64.7 Å². The van der Waals surface area contributed by atoms with E-state index < -0.39 is 6.10 Å². The Morgan fingerprint density at radius 2 is 1.75 bits per heavy atom. The zero-order valence-electron chi connectivity index (χ0n) is 15.1. The summed E-state index contributed by atoms with van der Waals surface area (Å²) >= 11 is 0. The third kappa shape index (κ3) is 5.73. The Bertz CT molecular complexity index is 674. The molecule has 0 bridgehead atoms. The van der Waals surface area contributed by atoms with Gasteiger partial charge in [-0.25, -0.2) is 0 Å². The van der Waals surface area contributed by atoms with Gasteiger partial charge in [-0.2, -0.15) is 0 Å². The summed E-state index contributed by atoms with van der Waals surface area (Å²) in [7, 11) is 0. The predicted octanol–water partition coefficient (Wildman–Crippen LogP) is 4.13. The third-order valence-corrected chi connectivity index (χ3v) is 3.90. The minimum atomic E-state index is -0.495. The fourth-order valence-corrected chi connectivity index (χ4v) is 2.77. The molecule has 0 saturated carbocycles. The Labute approximate surface area is 145 Å². The number of benzene rings is 2. The highest BCUT2D eigenvalue weighted by molar-refractivity contribution is 5.80. The molecule has 3 nitrogen and oxygen atoms in total. The van der Waals surface area contributed by atoms with Crippen LogP contribution in [0.1, 0.15) is 35.6 Å². The Kier molecular flexibility index (Phi) is 6.42. The molecule has 128 valence electrons. The highest BCUT2D eigenvalue weighted by Gasteiger charge is 2.14. The maximum Gasteiger partial charge on any atom is 0.260 e. The lowest BCUT2D eigenvalue weighted by molar-refractivity contribution is -0.127. The second-order valence-electron chi connectivity index (χ2n) is 6.47. The molecule has 0 fully saturated rings. The van der Waals surface area contributed by atoms with Gasteiger partial charge >= 0.3 is 0 Å². The van der Waals surface area contributed by atoms with Gasteiger partial charge in [0.1, 0.15) is 5.75 Å². The van der Waals surface area contributed by atoms with E-state index in [1.54, 1.807) is 6.92 Å². The number of aryl methyl sites for hydroxylation is 4. The van der Waals surface area contributed by atoms with E-state index in [4.69, 9.17) is 4.74 Å². The number of hydrogen-bond donors (Lipinski definition) is 1. The number of nitrogens with one attached hydrogen (secondary N) is 1. The van der Waals surface area contributed by atoms with Gasteiger partial charge in [0.25, 0.3) is 5.91 Å². The largest absolute Gasteiger partial charge is 0.481 e. The van der Waals surface area contributed by atoms with Crippen molar-refractivity contribution in [2.75, 3.05) is 6.54 Å². The third-order valence-electron chi connectivity index (χ3n) is 3.90. The summed E-state index contributed by atoms with van der Waals surface area (Å²) in [5, 5.41) is 2.95. The molecule has 1 amide bonds. The van der Waals surface area contributed by atoms with Crippen LogP contribution in [-0.2, 0) is 11.2 Å². The summed E-state index contributed by atoms with van der Waals surface area (Å²) in [6, 6.07) is 14.5. The summed E-state index contributed by atoms with van der Waals surface area (Å²) in [5.74, 6) is 0.674. The molecule has 0 unspecified atom stereocenters. The first kappa shape index (κ1) is 18.1. The molecule has 0 aliphatic heterocycles. The van der Waals surface area contributed by atoms with E-state index >= 15 is 0 Å². The number of amides is 1. The molecule has 0 aromatic heterocycles. The summed E-state index contributed by atoms with van der Waals surface area (Å²) < 4.78 is 5.76. The number of rotatable bonds is 7. The molecule has 1 N–H and O–H groups in total. The Morgan fingerprint density at radius 3 is 2.42 bits per heavy atom. The van der Waals surface area contributed by atoms with Crippen molar-refractivity contribution in [3.8, 4) is 5.75 Å². The van der Waals surface area contributed by atoms with Crippen molar-refractivity contribution in [1.82, 2.24) is 5.32 Å². The molecule has 0 radical (unpaired) electrons. The van der Waals surface area contributed by atoms with E-state index in [0.717, 1.165) is 29.7 Å². The maximum atomic E-state index is 12.1. The van der Waals surface area contributed by atoms with Crippen LogP contribution in [0.5, 0.6) is 5.75 Å². The summed E-state index contributed by atoms with van der Waals surface area (Å²) in [4.78, 5) is 12.1. The first-order chi connectivity index (χ1) is 11.4. The minimum absolute atomic E-state index is 0.0709. The quantitative estimate of drug-likeness (QED) is 0.777. The lowest BCUT2D eigenvalue weighted by atomic mass is 10.1. The van der Waals surface area contributed by atoms with Crippen LogP contribution in [-0.4, -0.2) is 18.6 Å². The molecular formula is C21H27NO2. The van der Waals surface area contributed by atoms with Crippen LogP contribution in [0.25, 0.3) is 0 Å². The van der Waals surface area contributed by atoms with Crippen molar-refractivity contribution in [2.45, 2.75) is 46.6 Å². The minimum Gasteiger partial charge on any atom is -0.481 e. The number of ether oxygens (including phenoxy) is 1. The molecule has 0 aliphatic rings. The molecule has 0 saturated heterocycles. The second kappa shape index (κ2) is 8.53. The molecule has 24 heavy (non-hydrogen) atoms. The second-order valence-corrected chi connectivity index (χ2v) is 6.47. The van der Waals surface area contributed by atoms with Crippen LogP contribution in [0.4, 0.5) is 0 Å². The SMILES string of the molecule is Cc1cccc(CCCNC(=O)[C@@H](C)Oc2cc(C)cc(C)c2)c1. The van der Waals surface area contributed by atoms with Gasteiger partial charge in [0, 0.05) is 6.54 Å². The van der Waals surface area contributed by atoms with Crippen LogP contribution >= 0.6 is 0 Å². The van der Waals surface area contributed by atoms with Gasteiger partial charge < -0.3 is 10.1 Å². The van der Waals surface area contributed by atoms with Gasteiger partial charge in [0.05, 0.1) is 0 Å². The lowest BCUT2D eigenvalue weighted by Crippen LogP contribution is -2.37. The van der Waals surface area contributed by atoms with Crippen molar-refractivity contribution in [1.29, 1.82) is 0 Å². The number of carbonyl (C=O) groups excluding carboxylic acids is 1. The molecule has 2 aromatic carbocycles. The highest BCUT2D eigenvalue weighted by Crippen LogP contribution is 2.17. The molecule has 0 spiro atoms. The first-order valence-electron chi connectivity index (χ1n) is 8.52. The standard InChI is InChI=1S/C21H27NO2/c1-15-7-5-8-19(12-15)9-6-10-22-21(23)18(4)24-20-13-16(2)11-17(3)14-20/h5,7-8,11-14,18H,6,9-10H2,1-4H3,(H,22,23)/t18-/m1/s1. The maximum absolute atomic E-state index is 12.1. The monoisotopic (exact) mass is 325 g/mol. The Hall–Kier alpha value is -2.29. The van der Waals surface area contributed by atoms with Crippen LogP contribution < -0.4 is 10.1 Å². The van der Waals surface area contributed by atoms with E-state index in [9.17, 15) is 4.79 Å². The Balaban J connectivity index is 1.75. The van der Waals surface area contributed by atoms with Gasteiger partial charge in [0.2, 0.25) is 0 Å². The smallest absolute Gasteiger partial charge is 0.260 e. The van der Waals surface area contributed by atoms with E-state index in [0.29, 0.717) is 6.54 Å². The summed E-state index contributed by atoms with van der Waals surface area (Å²) in [6.45, 7) is 8.59. The first-order valence-corrected chi connectivity index (χ1v) is 8.52. The average molecular weight is 325 g/mol. The fraction of sp³-hybridized carbons (Fsp3) is 0.381. The Morgan fingerprint density at radius 1 is 1.04 bits per heavy atom. The van der Waals surface area contributed by atoms with Gasteiger partial charge in [-0.05, 0) is 69.4 Å². The van der Waals surface area contributed by atoms with E-state index in [2.05, 4.69) is 42.6 Å². The zero-order chi connectivity index (χ0) is 17.5. The van der Waals surface area contributed by atoms with E-state index in [1.165, 1.54) is 11.1 Å². The summed E-state index contributed by atoms with van der Waals surface area (Å²) in [6.07, 6.45) is 1.39. The summed E-state index contributed by atoms with van der Waals surface area (Å²) in [5.41, 5.74) is 4.85. The number of carbonyl (C=O) groups is 1. The van der Waals surface area contributed by atoms with Crippen molar-refractivity contribution in [2.24, 2.45) is 0 Å². The normalized spacial score (nSPS) is 11.8. The molecule has 1 atom stereocenters. The molecule has 0 heterocycles. The van der Waals surface area contributed by atoms with Crippen LogP contribution in [0.3, 0.4) is 0 Å². The van der Waals surface area contributed by atoms with Crippen molar-refractivity contribution < 1.29 is 9.53 Å². The van der Waals surface area contributed by atoms with E-state index in [1.807, 2.05) is 26.0 Å². The van der Waals surface area contributed by atoms with Gasteiger partial charge in [-0.1, -0.05) is 35.9 Å². The molecule has 0 aliphatic carbocycles. The molecule has 3 heteroatoms. The fourth-order valence-electron chi connectivity index (χ4n) is 2.77. The topological polar surface area (TPSA) is 38.3 Å². The van der Waals surface area contributed by atoms with Gasteiger partial charge in [0.15, 0.2) is 6.10 Å². The molecule has 2 aromatic rings. The predicted molar refractivity (Wildman–Crippen MR) is 98.5 cm³/mol. The van der Waals surface area contributed by atoms with Crippen molar-refractivity contribution in [3.63, 3.8) is 0 Å². The van der Waals surface area contributed by atoms with Gasteiger partial charge in [-0.3, -0.25) is 4.79 Å². The lowest BCUT2D eigenvalue weighted by Gasteiger charge is -2.15. The van der Waals surface area contributed by atoms with E-state index in [-0.39, 0.29) is 5.91 Å². The molecular weight excluding hydrogens is 298 g/mol. The van der Waals surface area contributed by atoms with Crippen LogP contribution in [0.15, 0.2) is 42.5 Å². The van der Waals surface area contributed by atoms with Crippen LogP contribution in [0.2, 0.25) is 0 Å². The average Bonchev–Trinajstić information content (AvgIpc) is 2.50.